The van der Waals surface area contributed by atoms with E-state index in [4.69, 9.17) is 36.8 Å². The van der Waals surface area contributed by atoms with Crippen molar-refractivity contribution in [3.05, 3.63) is 57.6 Å². The zero-order valence-electron chi connectivity index (χ0n) is 23.9. The Hall–Kier alpha value is -4.09. The molecule has 14 heteroatoms. The van der Waals surface area contributed by atoms with Crippen molar-refractivity contribution in [2.45, 2.75) is 50.7 Å². The van der Waals surface area contributed by atoms with Crippen LogP contribution in [0.2, 0.25) is 5.02 Å². The second-order valence-corrected chi connectivity index (χ2v) is 13.2. The molecule has 3 aliphatic heterocycles. The first-order chi connectivity index (χ1) is 21.9. The van der Waals surface area contributed by atoms with Gasteiger partial charge in [-0.2, -0.15) is 20.3 Å². The number of benzene rings is 2. The number of hydrogen-bond acceptors (Lipinski definition) is 10. The summed E-state index contributed by atoms with van der Waals surface area (Å²) in [5.41, 5.74) is 10.0. The van der Waals surface area contributed by atoms with Gasteiger partial charge < -0.3 is 20.5 Å². The quantitative estimate of drug-likeness (QED) is 0.192. The fourth-order valence-electron chi connectivity index (χ4n) is 7.20. The smallest absolute Gasteiger partial charge is 0.319 e. The monoisotopic (exact) mass is 648 g/mol. The van der Waals surface area contributed by atoms with Gasteiger partial charge in [-0.25, -0.2) is 8.78 Å². The van der Waals surface area contributed by atoms with Crippen LogP contribution in [-0.2, 0) is 24.5 Å². The Balaban J connectivity index is 1.31. The standard InChI is InChI=1S/C31H27ClF2N8O2S/c32-25-22(17-2-3-21(34)27-23(17)18(9-35)28(36)45-27)19-12-43-13-20(19)24-26(25)39-30(40-29(24)37-10-16-4-6-38-41-16)44-14-31-5-1-7-42(31)11-15(33)8-31/h2-4,6,15H,1,5,7-8,10-14,36H2,(H,38,41)(H,37,39,40). The number of nitrogens with zero attached hydrogens (tertiary/aromatic N) is 5. The van der Waals surface area contributed by atoms with Crippen molar-refractivity contribution in [2.75, 3.05) is 30.7 Å². The van der Waals surface area contributed by atoms with Crippen molar-refractivity contribution in [1.29, 1.82) is 5.26 Å². The molecule has 3 aliphatic rings. The third kappa shape index (κ3) is 4.50. The normalized spacial score (nSPS) is 21.0. The van der Waals surface area contributed by atoms with Gasteiger partial charge >= 0.3 is 6.01 Å². The molecule has 2 saturated heterocycles. The van der Waals surface area contributed by atoms with Gasteiger partial charge in [0, 0.05) is 30.1 Å². The molecule has 8 rings (SSSR count). The Morgan fingerprint density at radius 3 is 2.96 bits per heavy atom. The van der Waals surface area contributed by atoms with Gasteiger partial charge in [0.25, 0.3) is 0 Å². The Labute approximate surface area is 265 Å². The van der Waals surface area contributed by atoms with E-state index in [-0.39, 0.29) is 46.1 Å². The van der Waals surface area contributed by atoms with Gasteiger partial charge in [-0.3, -0.25) is 10.00 Å². The summed E-state index contributed by atoms with van der Waals surface area (Å²) in [5.74, 6) is 0.0277. The summed E-state index contributed by atoms with van der Waals surface area (Å²) in [5, 5.41) is 21.9. The van der Waals surface area contributed by atoms with Crippen molar-refractivity contribution >= 4 is 54.7 Å². The van der Waals surface area contributed by atoms with E-state index in [1.807, 2.05) is 6.07 Å². The predicted octanol–water partition coefficient (Wildman–Crippen LogP) is 6.08. The number of aromatic amines is 1. The van der Waals surface area contributed by atoms with Crippen molar-refractivity contribution in [3.8, 4) is 23.2 Å². The van der Waals surface area contributed by atoms with E-state index in [0.29, 0.717) is 52.7 Å². The Bertz CT molecular complexity index is 2030. The number of rotatable bonds is 7. The molecule has 0 spiro atoms. The number of H-pyrrole nitrogens is 1. The van der Waals surface area contributed by atoms with Crippen molar-refractivity contribution in [1.82, 2.24) is 25.1 Å². The number of nitrogens with one attached hydrogen (secondary N) is 2. The average molecular weight is 649 g/mol. The zero-order chi connectivity index (χ0) is 30.9. The van der Waals surface area contributed by atoms with Gasteiger partial charge in [-0.05, 0) is 48.2 Å². The molecule has 2 unspecified atom stereocenters. The van der Waals surface area contributed by atoms with Crippen LogP contribution < -0.4 is 15.8 Å². The van der Waals surface area contributed by atoms with Crippen LogP contribution >= 0.6 is 22.9 Å². The summed E-state index contributed by atoms with van der Waals surface area (Å²) < 4.78 is 42.0. The highest BCUT2D eigenvalue weighted by atomic mass is 35.5. The maximum atomic E-state index is 15.0. The lowest BCUT2D eigenvalue weighted by molar-refractivity contribution is 0.107. The van der Waals surface area contributed by atoms with Gasteiger partial charge in [-0.15, -0.1) is 11.3 Å². The topological polar surface area (TPSA) is 138 Å². The summed E-state index contributed by atoms with van der Waals surface area (Å²) in [6, 6.07) is 7.08. The minimum Gasteiger partial charge on any atom is -0.461 e. The molecule has 2 aromatic carbocycles. The third-order valence-corrected chi connectivity index (χ3v) is 10.6. The number of aromatic nitrogens is 4. The van der Waals surface area contributed by atoms with E-state index in [1.165, 1.54) is 6.07 Å². The van der Waals surface area contributed by atoms with E-state index in [2.05, 4.69) is 26.5 Å². The Morgan fingerprint density at radius 2 is 2.13 bits per heavy atom. The molecule has 6 heterocycles. The van der Waals surface area contributed by atoms with E-state index in [0.717, 1.165) is 47.5 Å². The lowest BCUT2D eigenvalue weighted by atomic mass is 9.91. The molecule has 0 amide bonds. The molecule has 45 heavy (non-hydrogen) atoms. The van der Waals surface area contributed by atoms with Gasteiger partial charge in [0.1, 0.15) is 35.5 Å². The molecular weight excluding hydrogens is 622 g/mol. The number of nitrogen functional groups attached to an aromatic ring is 1. The molecule has 3 aromatic heterocycles. The maximum absolute atomic E-state index is 15.0. The molecule has 0 saturated carbocycles. The van der Waals surface area contributed by atoms with Crippen LogP contribution in [0.15, 0.2) is 24.4 Å². The van der Waals surface area contributed by atoms with Gasteiger partial charge in [0.15, 0.2) is 0 Å². The van der Waals surface area contributed by atoms with E-state index in [1.54, 1.807) is 12.3 Å². The fourth-order valence-corrected chi connectivity index (χ4v) is 8.50. The van der Waals surface area contributed by atoms with Gasteiger partial charge in [-0.1, -0.05) is 17.7 Å². The summed E-state index contributed by atoms with van der Waals surface area (Å²) in [6.45, 7) is 2.40. The molecule has 4 N–H and O–H groups in total. The number of nitriles is 1. The minimum absolute atomic E-state index is 0.103. The molecule has 0 aliphatic carbocycles. The van der Waals surface area contributed by atoms with Crippen molar-refractivity contribution < 1.29 is 18.3 Å². The maximum Gasteiger partial charge on any atom is 0.319 e. The zero-order valence-corrected chi connectivity index (χ0v) is 25.5. The van der Waals surface area contributed by atoms with E-state index >= 15 is 0 Å². The fraction of sp³-hybridized carbons (Fsp3) is 0.355. The molecule has 230 valence electrons. The number of fused-ring (bicyclic) bond motifs is 5. The first-order valence-corrected chi connectivity index (χ1v) is 15.8. The lowest BCUT2D eigenvalue weighted by Gasteiger charge is -2.30. The molecule has 5 aromatic rings. The summed E-state index contributed by atoms with van der Waals surface area (Å²) in [4.78, 5) is 11.8. The molecule has 2 atom stereocenters. The second-order valence-electron chi connectivity index (χ2n) is 11.8. The summed E-state index contributed by atoms with van der Waals surface area (Å²) in [6.07, 6.45) is 3.01. The highest BCUT2D eigenvalue weighted by molar-refractivity contribution is 7.23. The molecule has 10 nitrogen and oxygen atoms in total. The SMILES string of the molecule is N#Cc1c(N)sc2c(F)ccc(-c3c4c(c5c(NCc6ccn[nH]6)nc(OCC67CCCN6CC(F)C7)nc5c3Cl)COC4)c12. The van der Waals surface area contributed by atoms with E-state index < -0.39 is 17.5 Å². The predicted molar refractivity (Wildman–Crippen MR) is 167 cm³/mol. The Kier molecular flexibility index (Phi) is 6.79. The number of ether oxygens (including phenoxy) is 2. The highest BCUT2D eigenvalue weighted by Crippen LogP contribution is 2.49. The average Bonchev–Trinajstić information content (AvgIpc) is 3.85. The van der Waals surface area contributed by atoms with E-state index in [9.17, 15) is 14.0 Å². The van der Waals surface area contributed by atoms with Gasteiger partial charge in [0.2, 0.25) is 0 Å². The molecule has 0 radical (unpaired) electrons. The van der Waals surface area contributed by atoms with Crippen LogP contribution in [0.4, 0.5) is 19.6 Å². The number of nitrogens with two attached hydrogens (primary N) is 1. The van der Waals surface area contributed by atoms with Gasteiger partial charge in [0.05, 0.1) is 57.2 Å². The number of thiophene rings is 1. The first-order valence-electron chi connectivity index (χ1n) is 14.6. The number of halogens is 3. The molecule has 2 fully saturated rings. The first kappa shape index (κ1) is 28.4. The minimum atomic E-state index is -0.894. The molecular formula is C31H27ClF2N8O2S. The second kappa shape index (κ2) is 10.8. The third-order valence-electron chi connectivity index (χ3n) is 9.21. The summed E-state index contributed by atoms with van der Waals surface area (Å²) >= 11 is 8.30. The van der Waals surface area contributed by atoms with Crippen molar-refractivity contribution in [3.63, 3.8) is 0 Å². The lowest BCUT2D eigenvalue weighted by Crippen LogP contribution is -2.43. The van der Waals surface area contributed by atoms with Crippen LogP contribution in [0.25, 0.3) is 32.1 Å². The molecule has 0 bridgehead atoms. The highest BCUT2D eigenvalue weighted by Gasteiger charge is 2.49. The largest absolute Gasteiger partial charge is 0.461 e. The van der Waals surface area contributed by atoms with Crippen molar-refractivity contribution in [2.24, 2.45) is 0 Å². The van der Waals surface area contributed by atoms with Crippen LogP contribution in [0.5, 0.6) is 6.01 Å². The van der Waals surface area contributed by atoms with Crippen LogP contribution in [0.1, 0.15) is 41.6 Å². The Morgan fingerprint density at radius 1 is 1.27 bits per heavy atom. The van der Waals surface area contributed by atoms with Crippen LogP contribution in [0, 0.1) is 17.1 Å². The van der Waals surface area contributed by atoms with Crippen LogP contribution in [0.3, 0.4) is 0 Å². The number of hydrogen-bond donors (Lipinski definition) is 3. The number of anilines is 2. The van der Waals surface area contributed by atoms with Crippen LogP contribution in [-0.4, -0.2) is 56.5 Å². The summed E-state index contributed by atoms with van der Waals surface area (Å²) in [7, 11) is 0. The number of alkyl halides is 1.